The number of hydrogen-bond donors (Lipinski definition) is 3. The van der Waals surface area contributed by atoms with Crippen LogP contribution in [0.15, 0.2) is 0 Å². The molecule has 4 aliphatic carbocycles. The molecule has 3 heteroatoms. The van der Waals surface area contributed by atoms with Crippen molar-refractivity contribution >= 4 is 0 Å². The minimum absolute atomic E-state index is 0.155. The molecular formula is C25H45NO2. The zero-order valence-corrected chi connectivity index (χ0v) is 18.7. The van der Waals surface area contributed by atoms with E-state index in [0.29, 0.717) is 46.3 Å². The summed E-state index contributed by atoms with van der Waals surface area (Å²) in [5, 5.41) is 22.1. The first-order chi connectivity index (χ1) is 13.3. The molecule has 0 heterocycles. The average Bonchev–Trinajstić information content (AvgIpc) is 3.01. The van der Waals surface area contributed by atoms with E-state index in [-0.39, 0.29) is 12.2 Å². The lowest BCUT2D eigenvalue weighted by Crippen LogP contribution is -2.62. The maximum Gasteiger partial charge on any atom is 0.0605 e. The van der Waals surface area contributed by atoms with Crippen LogP contribution in [0.4, 0.5) is 0 Å². The lowest BCUT2D eigenvalue weighted by Gasteiger charge is -2.64. The van der Waals surface area contributed by atoms with Crippen molar-refractivity contribution in [2.24, 2.45) is 58.0 Å². The van der Waals surface area contributed by atoms with E-state index < -0.39 is 0 Å². The second-order valence-corrected chi connectivity index (χ2v) is 11.7. The Bertz CT molecular complexity index is 567. The van der Waals surface area contributed by atoms with E-state index in [9.17, 15) is 10.2 Å². The molecule has 0 saturated heterocycles. The normalized spacial score (nSPS) is 54.5. The number of nitrogens with two attached hydrogens (primary N) is 1. The van der Waals surface area contributed by atoms with Gasteiger partial charge in [0.1, 0.15) is 0 Å². The summed E-state index contributed by atoms with van der Waals surface area (Å²) in [6.45, 7) is 10.6. The zero-order valence-electron chi connectivity index (χ0n) is 18.7. The molecule has 4 aliphatic rings. The molecule has 1 unspecified atom stereocenters. The monoisotopic (exact) mass is 391 g/mol. The van der Waals surface area contributed by atoms with Gasteiger partial charge in [-0.2, -0.15) is 0 Å². The van der Waals surface area contributed by atoms with Crippen molar-refractivity contribution in [2.45, 2.75) is 97.7 Å². The van der Waals surface area contributed by atoms with Crippen LogP contribution >= 0.6 is 0 Å². The number of aliphatic hydroxyl groups is 2. The second-order valence-electron chi connectivity index (χ2n) is 11.7. The molecule has 0 aromatic rings. The van der Waals surface area contributed by atoms with Gasteiger partial charge in [0.15, 0.2) is 0 Å². The van der Waals surface area contributed by atoms with Gasteiger partial charge >= 0.3 is 0 Å². The van der Waals surface area contributed by atoms with Crippen LogP contribution in [0.25, 0.3) is 0 Å². The molecule has 0 bridgehead atoms. The summed E-state index contributed by atoms with van der Waals surface area (Å²) in [6.07, 6.45) is 10.1. The van der Waals surface area contributed by atoms with Crippen molar-refractivity contribution in [3.63, 3.8) is 0 Å². The maximum absolute atomic E-state index is 11.7. The Hall–Kier alpha value is -0.120. The molecule has 0 radical (unpaired) electrons. The fourth-order valence-electron chi connectivity index (χ4n) is 9.40. The van der Waals surface area contributed by atoms with Crippen LogP contribution in [0.5, 0.6) is 0 Å². The van der Waals surface area contributed by atoms with E-state index >= 15 is 0 Å². The Kier molecular flexibility index (Phi) is 5.69. The molecule has 4 fully saturated rings. The second kappa shape index (κ2) is 7.54. The summed E-state index contributed by atoms with van der Waals surface area (Å²) in [5.74, 6) is 4.12. The van der Waals surface area contributed by atoms with Crippen LogP contribution < -0.4 is 5.73 Å². The van der Waals surface area contributed by atoms with E-state index in [1.165, 1.54) is 25.7 Å². The minimum Gasteiger partial charge on any atom is -0.393 e. The Balaban J connectivity index is 1.67. The van der Waals surface area contributed by atoms with Crippen LogP contribution in [0.1, 0.15) is 85.5 Å². The zero-order chi connectivity index (χ0) is 20.3. The Morgan fingerprint density at radius 1 is 0.964 bits per heavy atom. The highest BCUT2D eigenvalue weighted by Crippen LogP contribution is 2.69. The summed E-state index contributed by atoms with van der Waals surface area (Å²) in [6, 6.07) is 0. The lowest BCUT2D eigenvalue weighted by atomic mass is 9.41. The van der Waals surface area contributed by atoms with Gasteiger partial charge in [-0.25, -0.2) is 0 Å². The number of aliphatic hydroxyl groups excluding tert-OH is 2. The van der Waals surface area contributed by atoms with Gasteiger partial charge in [0.25, 0.3) is 0 Å². The fourth-order valence-corrected chi connectivity index (χ4v) is 9.40. The van der Waals surface area contributed by atoms with Crippen molar-refractivity contribution in [3.8, 4) is 0 Å². The van der Waals surface area contributed by atoms with Gasteiger partial charge in [-0.1, -0.05) is 34.1 Å². The molecule has 4 rings (SSSR count). The maximum atomic E-state index is 11.7. The number of fused-ring (bicyclic) bond motifs is 5. The topological polar surface area (TPSA) is 66.5 Å². The van der Waals surface area contributed by atoms with Gasteiger partial charge in [-0.15, -0.1) is 0 Å². The Morgan fingerprint density at radius 2 is 1.64 bits per heavy atom. The first kappa shape index (κ1) is 21.1. The summed E-state index contributed by atoms with van der Waals surface area (Å²) in [4.78, 5) is 0. The van der Waals surface area contributed by atoms with Gasteiger partial charge < -0.3 is 15.9 Å². The molecule has 0 aliphatic heterocycles. The van der Waals surface area contributed by atoms with Gasteiger partial charge in [0.05, 0.1) is 12.2 Å². The molecular weight excluding hydrogens is 346 g/mol. The Labute approximate surface area is 172 Å². The molecule has 28 heavy (non-hydrogen) atoms. The minimum atomic E-state index is -0.174. The summed E-state index contributed by atoms with van der Waals surface area (Å²) >= 11 is 0. The lowest BCUT2D eigenvalue weighted by molar-refractivity contribution is -0.203. The first-order valence-corrected chi connectivity index (χ1v) is 12.3. The molecule has 162 valence electrons. The Morgan fingerprint density at radius 3 is 2.32 bits per heavy atom. The van der Waals surface area contributed by atoms with E-state index in [1.807, 2.05) is 0 Å². The van der Waals surface area contributed by atoms with Gasteiger partial charge in [-0.3, -0.25) is 0 Å². The van der Waals surface area contributed by atoms with Crippen LogP contribution in [0.3, 0.4) is 0 Å². The van der Waals surface area contributed by atoms with Crippen LogP contribution in [-0.2, 0) is 0 Å². The highest BCUT2D eigenvalue weighted by molar-refractivity contribution is 5.13. The van der Waals surface area contributed by atoms with Crippen molar-refractivity contribution in [2.75, 3.05) is 6.54 Å². The number of rotatable bonds is 4. The van der Waals surface area contributed by atoms with Gasteiger partial charge in [0.2, 0.25) is 0 Å². The number of hydrogen-bond acceptors (Lipinski definition) is 3. The average molecular weight is 392 g/mol. The third kappa shape index (κ3) is 2.94. The van der Waals surface area contributed by atoms with Crippen molar-refractivity contribution < 1.29 is 10.2 Å². The van der Waals surface area contributed by atoms with E-state index in [4.69, 9.17) is 5.73 Å². The molecule has 0 aromatic heterocycles. The largest absolute Gasteiger partial charge is 0.393 e. The molecule has 0 aromatic carbocycles. The molecule has 4 saturated carbocycles. The third-order valence-corrected chi connectivity index (χ3v) is 10.8. The van der Waals surface area contributed by atoms with Gasteiger partial charge in [0, 0.05) is 0 Å². The first-order valence-electron chi connectivity index (χ1n) is 12.3. The quantitative estimate of drug-likeness (QED) is 0.656. The smallest absolute Gasteiger partial charge is 0.0605 e. The fraction of sp³-hybridized carbons (Fsp3) is 1.00. The third-order valence-electron chi connectivity index (χ3n) is 10.8. The SMILES string of the molecule is CC[C@H]1C(O)[C@@H]2[C@H](CC[C@]3(C)[C@@H]([C@H](C)CCN)CC[C@@H]23)[C@@]2(C)CC[C@@H](O)C[C@@H]12. The van der Waals surface area contributed by atoms with Crippen molar-refractivity contribution in [1.29, 1.82) is 0 Å². The van der Waals surface area contributed by atoms with Crippen molar-refractivity contribution in [3.05, 3.63) is 0 Å². The van der Waals surface area contributed by atoms with Crippen LogP contribution in [0.2, 0.25) is 0 Å². The summed E-state index contributed by atoms with van der Waals surface area (Å²) in [7, 11) is 0. The molecule has 4 N–H and O–H groups in total. The predicted molar refractivity (Wildman–Crippen MR) is 115 cm³/mol. The van der Waals surface area contributed by atoms with E-state index in [0.717, 1.165) is 44.6 Å². The standard InChI is InChI=1S/C25H45NO2/c1-5-17-21-14-16(27)8-11-25(21,4)20-9-12-24(3)18(15(2)10-13-26)6-7-19(24)22(20)23(17)28/h15-23,27-28H,5-14,26H2,1-4H3/t15-,16-,17-,18-,19+,20+,21+,22+,23?,24-,25-/m1/s1. The highest BCUT2D eigenvalue weighted by atomic mass is 16.3. The van der Waals surface area contributed by atoms with Crippen LogP contribution in [0, 0.1) is 52.3 Å². The summed E-state index contributed by atoms with van der Waals surface area (Å²) < 4.78 is 0. The van der Waals surface area contributed by atoms with Crippen molar-refractivity contribution in [1.82, 2.24) is 0 Å². The van der Waals surface area contributed by atoms with Crippen LogP contribution in [-0.4, -0.2) is 29.0 Å². The highest BCUT2D eigenvalue weighted by Gasteiger charge is 2.64. The molecule has 0 amide bonds. The molecule has 11 atom stereocenters. The molecule has 3 nitrogen and oxygen atoms in total. The summed E-state index contributed by atoms with van der Waals surface area (Å²) in [5.41, 5.74) is 6.61. The van der Waals surface area contributed by atoms with E-state index in [2.05, 4.69) is 27.7 Å². The van der Waals surface area contributed by atoms with Gasteiger partial charge in [-0.05, 0) is 110 Å². The molecule has 0 spiro atoms. The predicted octanol–water partition coefficient (Wildman–Crippen LogP) is 4.60. The van der Waals surface area contributed by atoms with E-state index in [1.54, 1.807) is 0 Å².